The van der Waals surface area contributed by atoms with E-state index in [2.05, 4.69) is 21.2 Å². The number of nitrogens with one attached hydrogen (secondary N) is 1. The zero-order chi connectivity index (χ0) is 18.1. The molecular formula is C17H11BrCl2N2O3. The minimum atomic E-state index is -0.648. The summed E-state index contributed by atoms with van der Waals surface area (Å²) in [5.41, 5.74) is 0.838. The first-order valence-corrected chi connectivity index (χ1v) is 8.62. The number of benzene rings is 2. The van der Waals surface area contributed by atoms with E-state index < -0.39 is 11.8 Å². The minimum absolute atomic E-state index is 0.00760. The van der Waals surface area contributed by atoms with Gasteiger partial charge < -0.3 is 10.1 Å². The van der Waals surface area contributed by atoms with Crippen molar-refractivity contribution in [3.8, 4) is 5.75 Å². The summed E-state index contributed by atoms with van der Waals surface area (Å²) in [4.78, 5) is 26.3. The van der Waals surface area contributed by atoms with Gasteiger partial charge in [-0.25, -0.2) is 4.90 Å². The molecule has 3 rings (SSSR count). The van der Waals surface area contributed by atoms with Gasteiger partial charge in [-0.15, -0.1) is 0 Å². The molecule has 1 N–H and O–H groups in total. The Hall–Kier alpha value is -2.02. The number of amides is 2. The molecular weight excluding hydrogens is 431 g/mol. The van der Waals surface area contributed by atoms with Crippen LogP contribution in [-0.4, -0.2) is 18.9 Å². The van der Waals surface area contributed by atoms with Crippen LogP contribution in [0, 0.1) is 0 Å². The van der Waals surface area contributed by atoms with Crippen molar-refractivity contribution in [3.63, 3.8) is 0 Å². The van der Waals surface area contributed by atoms with E-state index in [1.807, 2.05) is 6.07 Å². The molecule has 0 spiro atoms. The number of halogens is 3. The summed E-state index contributed by atoms with van der Waals surface area (Å²) in [6, 6.07) is 11.8. The van der Waals surface area contributed by atoms with Gasteiger partial charge in [0.25, 0.3) is 11.8 Å². The number of carbonyl (C=O) groups is 2. The number of imide groups is 1. The second kappa shape index (κ2) is 7.07. The Bertz CT molecular complexity index is 915. The highest BCUT2D eigenvalue weighted by Gasteiger charge is 2.40. The van der Waals surface area contributed by atoms with E-state index in [9.17, 15) is 9.59 Å². The monoisotopic (exact) mass is 440 g/mol. The van der Waals surface area contributed by atoms with E-state index in [1.165, 1.54) is 13.2 Å². The molecule has 0 radical (unpaired) electrons. The van der Waals surface area contributed by atoms with Crippen LogP contribution in [0.5, 0.6) is 5.75 Å². The molecule has 1 heterocycles. The van der Waals surface area contributed by atoms with Crippen LogP contribution in [0.3, 0.4) is 0 Å². The summed E-state index contributed by atoms with van der Waals surface area (Å²) in [5, 5.41) is 3.06. The Balaban J connectivity index is 1.98. The number of nitrogens with zero attached hydrogens (tertiary/aromatic N) is 1. The molecule has 0 aromatic heterocycles. The van der Waals surface area contributed by atoms with Gasteiger partial charge in [-0.2, -0.15) is 0 Å². The van der Waals surface area contributed by atoms with Gasteiger partial charge in [0.15, 0.2) is 0 Å². The fourth-order valence-corrected chi connectivity index (χ4v) is 3.16. The van der Waals surface area contributed by atoms with Crippen molar-refractivity contribution in [1.29, 1.82) is 0 Å². The Morgan fingerprint density at radius 1 is 1.08 bits per heavy atom. The zero-order valence-corrected chi connectivity index (χ0v) is 15.9. The molecule has 8 heteroatoms. The topological polar surface area (TPSA) is 58.6 Å². The Kier molecular flexibility index (Phi) is 5.03. The summed E-state index contributed by atoms with van der Waals surface area (Å²) in [6.45, 7) is 0. The molecule has 0 aliphatic carbocycles. The zero-order valence-electron chi connectivity index (χ0n) is 12.8. The maximum Gasteiger partial charge on any atom is 0.283 e. The molecule has 128 valence electrons. The SMILES string of the molecule is COc1ccc(Cl)cc1N1C(=O)C(Cl)=C(Nc2cccc(Br)c2)C1=O. The van der Waals surface area contributed by atoms with Crippen molar-refractivity contribution in [2.45, 2.75) is 0 Å². The van der Waals surface area contributed by atoms with Crippen LogP contribution in [-0.2, 0) is 9.59 Å². The molecule has 0 bridgehead atoms. The maximum atomic E-state index is 12.8. The fraction of sp³-hybridized carbons (Fsp3) is 0.0588. The largest absolute Gasteiger partial charge is 0.495 e. The second-order valence-corrected chi connectivity index (χ2v) is 6.82. The molecule has 0 fully saturated rings. The van der Waals surface area contributed by atoms with Crippen LogP contribution in [0.15, 0.2) is 57.7 Å². The third-order valence-electron chi connectivity index (χ3n) is 3.50. The number of anilines is 2. The van der Waals surface area contributed by atoms with Gasteiger partial charge in [-0.05, 0) is 36.4 Å². The summed E-state index contributed by atoms with van der Waals surface area (Å²) >= 11 is 15.5. The number of hydrogen-bond acceptors (Lipinski definition) is 4. The van der Waals surface area contributed by atoms with Gasteiger partial charge in [0.05, 0.1) is 12.8 Å². The number of rotatable bonds is 4. The predicted molar refractivity (Wildman–Crippen MR) is 101 cm³/mol. The lowest BCUT2D eigenvalue weighted by Crippen LogP contribution is -2.32. The van der Waals surface area contributed by atoms with E-state index in [-0.39, 0.29) is 16.4 Å². The Morgan fingerprint density at radius 3 is 2.52 bits per heavy atom. The third kappa shape index (κ3) is 3.38. The van der Waals surface area contributed by atoms with Gasteiger partial charge in [-0.1, -0.05) is 45.2 Å². The van der Waals surface area contributed by atoms with E-state index >= 15 is 0 Å². The van der Waals surface area contributed by atoms with Crippen molar-refractivity contribution < 1.29 is 14.3 Å². The van der Waals surface area contributed by atoms with Crippen molar-refractivity contribution in [3.05, 3.63) is 62.7 Å². The average Bonchev–Trinajstić information content (AvgIpc) is 2.78. The standard InChI is InChI=1S/C17H11BrCl2N2O3/c1-25-13-6-5-10(19)8-12(13)22-16(23)14(20)15(17(22)24)21-11-4-2-3-9(18)7-11/h2-8,21H,1H3. The molecule has 0 unspecified atom stereocenters. The molecule has 1 aliphatic rings. The summed E-state index contributed by atoms with van der Waals surface area (Å²) in [7, 11) is 1.44. The Morgan fingerprint density at radius 2 is 1.84 bits per heavy atom. The van der Waals surface area contributed by atoms with Crippen molar-refractivity contribution in [1.82, 2.24) is 0 Å². The molecule has 0 saturated heterocycles. The smallest absolute Gasteiger partial charge is 0.283 e. The molecule has 0 atom stereocenters. The number of ether oxygens (including phenoxy) is 1. The molecule has 2 aromatic carbocycles. The van der Waals surface area contributed by atoms with Gasteiger partial charge in [0.1, 0.15) is 16.5 Å². The average molecular weight is 442 g/mol. The summed E-state index contributed by atoms with van der Waals surface area (Å²) < 4.78 is 6.04. The van der Waals surface area contributed by atoms with Crippen LogP contribution in [0.4, 0.5) is 11.4 Å². The predicted octanol–water partition coefficient (Wildman–Crippen LogP) is 4.55. The first-order chi connectivity index (χ1) is 11.9. The highest BCUT2D eigenvalue weighted by Crippen LogP contribution is 2.37. The lowest BCUT2D eigenvalue weighted by molar-refractivity contribution is -0.120. The van der Waals surface area contributed by atoms with Gasteiger partial charge in [0, 0.05) is 15.2 Å². The summed E-state index contributed by atoms with van der Waals surface area (Å²) in [5.74, 6) is -0.903. The molecule has 2 aromatic rings. The molecule has 1 aliphatic heterocycles. The number of hydrogen-bond donors (Lipinski definition) is 1. The lowest BCUT2D eigenvalue weighted by atomic mass is 10.2. The maximum absolute atomic E-state index is 12.8. The normalized spacial score (nSPS) is 14.3. The van der Waals surface area contributed by atoms with Crippen molar-refractivity contribution in [2.75, 3.05) is 17.3 Å². The fourth-order valence-electron chi connectivity index (χ4n) is 2.38. The first-order valence-electron chi connectivity index (χ1n) is 7.07. The molecule has 25 heavy (non-hydrogen) atoms. The second-order valence-electron chi connectivity index (χ2n) is 5.09. The van der Waals surface area contributed by atoms with Crippen LogP contribution in [0.1, 0.15) is 0 Å². The van der Waals surface area contributed by atoms with E-state index in [0.29, 0.717) is 16.5 Å². The number of carbonyl (C=O) groups excluding carboxylic acids is 2. The molecule has 2 amide bonds. The minimum Gasteiger partial charge on any atom is -0.495 e. The van der Waals surface area contributed by atoms with Crippen LogP contribution >= 0.6 is 39.1 Å². The highest BCUT2D eigenvalue weighted by molar-refractivity contribution is 9.10. The van der Waals surface area contributed by atoms with E-state index in [0.717, 1.165) is 9.37 Å². The van der Waals surface area contributed by atoms with Crippen molar-refractivity contribution in [2.24, 2.45) is 0 Å². The van der Waals surface area contributed by atoms with Crippen LogP contribution < -0.4 is 15.0 Å². The van der Waals surface area contributed by atoms with Crippen molar-refractivity contribution >= 4 is 62.3 Å². The van der Waals surface area contributed by atoms with Gasteiger partial charge >= 0.3 is 0 Å². The lowest BCUT2D eigenvalue weighted by Gasteiger charge is -2.18. The van der Waals surface area contributed by atoms with Gasteiger partial charge in [-0.3, -0.25) is 9.59 Å². The third-order valence-corrected chi connectivity index (χ3v) is 4.58. The summed E-state index contributed by atoms with van der Waals surface area (Å²) in [6.07, 6.45) is 0. The van der Waals surface area contributed by atoms with Gasteiger partial charge in [0.2, 0.25) is 0 Å². The van der Waals surface area contributed by atoms with Crippen LogP contribution in [0.2, 0.25) is 5.02 Å². The Labute approximate surface area is 162 Å². The van der Waals surface area contributed by atoms with E-state index in [4.69, 9.17) is 27.9 Å². The number of methoxy groups -OCH3 is 1. The first kappa shape index (κ1) is 17.8. The van der Waals surface area contributed by atoms with Crippen LogP contribution in [0.25, 0.3) is 0 Å². The molecule has 0 saturated carbocycles. The molecule has 5 nitrogen and oxygen atoms in total. The quantitative estimate of drug-likeness (QED) is 0.707. The highest BCUT2D eigenvalue weighted by atomic mass is 79.9. The van der Waals surface area contributed by atoms with E-state index in [1.54, 1.807) is 30.3 Å².